The third kappa shape index (κ3) is 3.21. The average Bonchev–Trinajstić information content (AvgIpc) is 3.15. The molecule has 0 amide bonds. The molecule has 3 atom stereocenters. The van der Waals surface area contributed by atoms with Crippen LogP contribution in [0.4, 0.5) is 0 Å². The smallest absolute Gasteiger partial charge is 0.337 e. The summed E-state index contributed by atoms with van der Waals surface area (Å²) in [5.74, 6) is 0.707. The normalized spacial score (nSPS) is 24.5. The molecule has 0 bridgehead atoms. The van der Waals surface area contributed by atoms with E-state index < -0.39 is 0 Å². The van der Waals surface area contributed by atoms with Gasteiger partial charge in [-0.25, -0.2) is 4.79 Å². The van der Waals surface area contributed by atoms with E-state index in [2.05, 4.69) is 22.5 Å². The fraction of sp³-hybridized carbons (Fsp3) is 0.435. The van der Waals surface area contributed by atoms with Crippen LogP contribution in [-0.4, -0.2) is 50.3 Å². The number of benzene rings is 1. The highest BCUT2D eigenvalue weighted by Crippen LogP contribution is 2.46. The van der Waals surface area contributed by atoms with E-state index in [9.17, 15) is 4.79 Å². The molecule has 4 rings (SSSR count). The standard InChI is InChI=1S/C23H28N2O4/c1-5-14-12-25-10-9-15-21-18(7-6-8-20(21)28-3)24-22(15)19(25)11-16(14)17(13-27-2)23(26)29-4/h5-8,13-14,16,19,24H,1,9-12H2,2-4H3/b17-13-. The first kappa shape index (κ1) is 19.6. The number of esters is 1. The van der Waals surface area contributed by atoms with Crippen LogP contribution in [-0.2, 0) is 20.7 Å². The summed E-state index contributed by atoms with van der Waals surface area (Å²) in [7, 11) is 4.68. The minimum absolute atomic E-state index is 0.0135. The number of carbonyl (C=O) groups excluding carboxylic acids is 1. The molecule has 0 radical (unpaired) electrons. The van der Waals surface area contributed by atoms with Crippen molar-refractivity contribution in [3.8, 4) is 5.75 Å². The van der Waals surface area contributed by atoms with Crippen LogP contribution in [0.25, 0.3) is 10.9 Å². The van der Waals surface area contributed by atoms with Gasteiger partial charge in [0.25, 0.3) is 0 Å². The van der Waals surface area contributed by atoms with Crippen molar-refractivity contribution in [3.63, 3.8) is 0 Å². The number of nitrogens with zero attached hydrogens (tertiary/aromatic N) is 1. The van der Waals surface area contributed by atoms with E-state index in [-0.39, 0.29) is 23.8 Å². The van der Waals surface area contributed by atoms with E-state index in [1.165, 1.54) is 30.0 Å². The maximum Gasteiger partial charge on any atom is 0.337 e. The third-order valence-corrected chi connectivity index (χ3v) is 6.37. The third-order valence-electron chi connectivity index (χ3n) is 6.37. The van der Waals surface area contributed by atoms with Crippen LogP contribution < -0.4 is 4.74 Å². The van der Waals surface area contributed by atoms with Crippen LogP contribution in [0.3, 0.4) is 0 Å². The summed E-state index contributed by atoms with van der Waals surface area (Å²) in [6.07, 6.45) is 5.25. The predicted molar refractivity (Wildman–Crippen MR) is 112 cm³/mol. The zero-order chi connectivity index (χ0) is 20.5. The van der Waals surface area contributed by atoms with Gasteiger partial charge in [-0.2, -0.15) is 0 Å². The van der Waals surface area contributed by atoms with Crippen LogP contribution in [0.5, 0.6) is 5.75 Å². The average molecular weight is 396 g/mol. The van der Waals surface area contributed by atoms with Gasteiger partial charge in [0.1, 0.15) is 5.75 Å². The Bertz CT molecular complexity index is 961. The van der Waals surface area contributed by atoms with Crippen molar-refractivity contribution in [2.24, 2.45) is 11.8 Å². The SMILES string of the molecule is C=CC1CN2CCc3c([nH]c4cccc(OC)c34)C2CC1/C(=C/OC)C(=O)OC. The lowest BCUT2D eigenvalue weighted by atomic mass is 9.75. The molecule has 29 heavy (non-hydrogen) atoms. The molecule has 0 spiro atoms. The second kappa shape index (κ2) is 7.95. The molecule has 1 N–H and O–H groups in total. The summed E-state index contributed by atoms with van der Waals surface area (Å²) in [4.78, 5) is 18.6. The Balaban J connectivity index is 1.77. The molecule has 2 aromatic rings. The summed E-state index contributed by atoms with van der Waals surface area (Å²) in [6.45, 7) is 5.85. The Labute approximate surface area is 171 Å². The fourth-order valence-electron chi connectivity index (χ4n) is 5.04. The lowest BCUT2D eigenvalue weighted by molar-refractivity contribution is -0.137. The number of aromatic nitrogens is 1. The fourth-order valence-corrected chi connectivity index (χ4v) is 5.04. The van der Waals surface area contributed by atoms with Crippen molar-refractivity contribution < 1.29 is 19.0 Å². The van der Waals surface area contributed by atoms with E-state index in [0.29, 0.717) is 5.57 Å². The Morgan fingerprint density at radius 2 is 2.14 bits per heavy atom. The molecule has 1 aromatic carbocycles. The zero-order valence-electron chi connectivity index (χ0n) is 17.2. The highest BCUT2D eigenvalue weighted by Gasteiger charge is 2.42. The summed E-state index contributed by atoms with van der Waals surface area (Å²) in [5.41, 5.74) is 4.22. The molecule has 3 unspecified atom stereocenters. The molecule has 154 valence electrons. The first-order valence-electron chi connectivity index (χ1n) is 9.98. The molecule has 2 aliphatic rings. The van der Waals surface area contributed by atoms with Crippen molar-refractivity contribution in [1.82, 2.24) is 9.88 Å². The molecular weight excluding hydrogens is 368 g/mol. The van der Waals surface area contributed by atoms with Gasteiger partial charge < -0.3 is 19.2 Å². The van der Waals surface area contributed by atoms with Crippen LogP contribution in [0.2, 0.25) is 0 Å². The lowest BCUT2D eigenvalue weighted by Crippen LogP contribution is -2.46. The van der Waals surface area contributed by atoms with Crippen molar-refractivity contribution in [1.29, 1.82) is 0 Å². The minimum atomic E-state index is -0.341. The summed E-state index contributed by atoms with van der Waals surface area (Å²) in [5, 5.41) is 1.17. The number of carbonyl (C=O) groups is 1. The van der Waals surface area contributed by atoms with E-state index in [1.54, 1.807) is 14.2 Å². The van der Waals surface area contributed by atoms with Gasteiger partial charge >= 0.3 is 5.97 Å². The number of hydrogen-bond donors (Lipinski definition) is 1. The van der Waals surface area contributed by atoms with E-state index in [0.717, 1.165) is 37.2 Å². The van der Waals surface area contributed by atoms with E-state index >= 15 is 0 Å². The molecule has 6 nitrogen and oxygen atoms in total. The largest absolute Gasteiger partial charge is 0.504 e. The number of rotatable bonds is 5. The summed E-state index contributed by atoms with van der Waals surface area (Å²) in [6, 6.07) is 6.31. The maximum absolute atomic E-state index is 12.4. The van der Waals surface area contributed by atoms with Gasteiger partial charge in [-0.3, -0.25) is 4.90 Å². The molecule has 0 aliphatic carbocycles. The summed E-state index contributed by atoms with van der Waals surface area (Å²) < 4.78 is 15.9. The second-order valence-electron chi connectivity index (χ2n) is 7.70. The van der Waals surface area contributed by atoms with Gasteiger partial charge in [-0.1, -0.05) is 12.1 Å². The number of piperidine rings is 1. The number of nitrogens with one attached hydrogen (secondary N) is 1. The van der Waals surface area contributed by atoms with Crippen LogP contribution in [0, 0.1) is 11.8 Å². The minimum Gasteiger partial charge on any atom is -0.504 e. The number of fused-ring (bicyclic) bond motifs is 5. The predicted octanol–water partition coefficient (Wildman–Crippen LogP) is 3.60. The number of ether oxygens (including phenoxy) is 3. The highest BCUT2D eigenvalue weighted by atomic mass is 16.5. The number of aromatic amines is 1. The van der Waals surface area contributed by atoms with Gasteiger partial charge in [0.15, 0.2) is 0 Å². The first-order valence-corrected chi connectivity index (χ1v) is 9.98. The Morgan fingerprint density at radius 3 is 2.83 bits per heavy atom. The molecule has 1 saturated heterocycles. The number of H-pyrrole nitrogens is 1. The number of methoxy groups -OCH3 is 3. The molecule has 1 aromatic heterocycles. The first-order chi connectivity index (χ1) is 14.1. The topological polar surface area (TPSA) is 63.8 Å². The molecule has 6 heteroatoms. The van der Waals surface area contributed by atoms with Crippen molar-refractivity contribution >= 4 is 16.9 Å². The zero-order valence-corrected chi connectivity index (χ0v) is 17.2. The van der Waals surface area contributed by atoms with Gasteiger partial charge in [0, 0.05) is 35.6 Å². The maximum atomic E-state index is 12.4. The van der Waals surface area contributed by atoms with Gasteiger partial charge in [0.2, 0.25) is 0 Å². The summed E-state index contributed by atoms with van der Waals surface area (Å²) >= 11 is 0. The second-order valence-corrected chi connectivity index (χ2v) is 7.70. The lowest BCUT2D eigenvalue weighted by Gasteiger charge is -2.45. The van der Waals surface area contributed by atoms with Gasteiger partial charge in [-0.15, -0.1) is 6.58 Å². The molecule has 3 heterocycles. The van der Waals surface area contributed by atoms with Gasteiger partial charge in [0.05, 0.1) is 39.2 Å². The van der Waals surface area contributed by atoms with E-state index in [1.807, 2.05) is 18.2 Å². The van der Waals surface area contributed by atoms with Crippen LogP contribution >= 0.6 is 0 Å². The van der Waals surface area contributed by atoms with Crippen LogP contribution in [0.1, 0.15) is 23.7 Å². The van der Waals surface area contributed by atoms with Crippen LogP contribution in [0.15, 0.2) is 42.7 Å². The van der Waals surface area contributed by atoms with Crippen molar-refractivity contribution in [2.75, 3.05) is 34.4 Å². The van der Waals surface area contributed by atoms with Crippen molar-refractivity contribution in [3.05, 3.63) is 53.9 Å². The monoisotopic (exact) mass is 396 g/mol. The van der Waals surface area contributed by atoms with Gasteiger partial charge in [-0.05, 0) is 36.5 Å². The molecule has 2 aliphatic heterocycles. The molecule has 1 fully saturated rings. The number of hydrogen-bond acceptors (Lipinski definition) is 5. The quantitative estimate of drug-likeness (QED) is 0.362. The Kier molecular flexibility index (Phi) is 5.37. The highest BCUT2D eigenvalue weighted by molar-refractivity contribution is 5.91. The molecular formula is C23H28N2O4. The van der Waals surface area contributed by atoms with E-state index in [4.69, 9.17) is 14.2 Å². The Hall–Kier alpha value is -2.73. The molecule has 0 saturated carbocycles. The van der Waals surface area contributed by atoms with Crippen molar-refractivity contribution in [2.45, 2.75) is 18.9 Å². The Morgan fingerprint density at radius 1 is 1.31 bits per heavy atom.